The minimum atomic E-state index is -0.149. The second-order valence-corrected chi connectivity index (χ2v) is 6.84. The summed E-state index contributed by atoms with van der Waals surface area (Å²) in [6.45, 7) is 2.37. The van der Waals surface area contributed by atoms with Gasteiger partial charge in [0.25, 0.3) is 5.56 Å². The zero-order chi connectivity index (χ0) is 17.8. The molecule has 7 heteroatoms. The van der Waals surface area contributed by atoms with Crippen LogP contribution < -0.4 is 15.6 Å². The summed E-state index contributed by atoms with van der Waals surface area (Å²) in [4.78, 5) is 29.1. The summed E-state index contributed by atoms with van der Waals surface area (Å²) in [5, 5.41) is 3.62. The Balaban J connectivity index is 1.65. The van der Waals surface area contributed by atoms with E-state index in [-0.39, 0.29) is 23.9 Å². The maximum Gasteiger partial charge on any atom is 0.254 e. The molecule has 0 unspecified atom stereocenters. The van der Waals surface area contributed by atoms with Gasteiger partial charge in [0.2, 0.25) is 5.91 Å². The number of benzene rings is 1. The van der Waals surface area contributed by atoms with Crippen molar-refractivity contribution in [3.63, 3.8) is 0 Å². The Labute approximate surface area is 150 Å². The molecule has 0 bridgehead atoms. The molecule has 2 aromatic rings. The van der Waals surface area contributed by atoms with Crippen LogP contribution in [0.4, 0.5) is 0 Å². The van der Waals surface area contributed by atoms with Crippen LogP contribution in [0, 0.1) is 0 Å². The highest BCUT2D eigenvalue weighted by molar-refractivity contribution is 7.99. The number of aromatic nitrogens is 2. The van der Waals surface area contributed by atoms with Gasteiger partial charge >= 0.3 is 0 Å². The van der Waals surface area contributed by atoms with Crippen molar-refractivity contribution in [3.05, 3.63) is 51.9 Å². The molecule has 1 aliphatic heterocycles. The van der Waals surface area contributed by atoms with E-state index in [1.807, 2.05) is 31.2 Å². The fourth-order valence-electron chi connectivity index (χ4n) is 2.86. The summed E-state index contributed by atoms with van der Waals surface area (Å²) in [5.74, 6) is 1.35. The van der Waals surface area contributed by atoms with Crippen molar-refractivity contribution in [2.45, 2.75) is 37.5 Å². The third-order valence-electron chi connectivity index (χ3n) is 4.19. The number of rotatable bonds is 6. The molecule has 1 atom stereocenters. The summed E-state index contributed by atoms with van der Waals surface area (Å²) in [5.41, 5.74) is 1.64. The van der Waals surface area contributed by atoms with E-state index in [9.17, 15) is 9.59 Å². The van der Waals surface area contributed by atoms with E-state index in [2.05, 4.69) is 10.3 Å². The van der Waals surface area contributed by atoms with Gasteiger partial charge in [-0.05, 0) is 12.5 Å². The predicted octanol–water partition coefficient (Wildman–Crippen LogP) is 2.17. The number of carbonyl (C=O) groups excluding carboxylic acids is 1. The standard InChI is InChI=1S/C18H21N3O3S/c1-3-13-8-17(23)21-14(11-25-18(21)20-13)9-16(22)19-10-12-6-4-5-7-15(12)24-2/h4-8,14H,3,9-11H2,1-2H3,(H,19,22)/t14-/m1/s1. The first-order chi connectivity index (χ1) is 12.1. The zero-order valence-electron chi connectivity index (χ0n) is 14.3. The molecule has 0 saturated heterocycles. The maximum atomic E-state index is 12.3. The SMILES string of the molecule is CCc1cc(=O)n2c(n1)SC[C@H]2CC(=O)NCc1ccccc1OC. The lowest BCUT2D eigenvalue weighted by molar-refractivity contribution is -0.121. The van der Waals surface area contributed by atoms with Crippen molar-refractivity contribution in [1.82, 2.24) is 14.9 Å². The highest BCUT2D eigenvalue weighted by Crippen LogP contribution is 2.32. The van der Waals surface area contributed by atoms with E-state index in [0.29, 0.717) is 17.5 Å². The van der Waals surface area contributed by atoms with Crippen LogP contribution in [0.15, 0.2) is 40.3 Å². The molecule has 25 heavy (non-hydrogen) atoms. The second kappa shape index (κ2) is 7.74. The van der Waals surface area contributed by atoms with Gasteiger partial charge in [0, 0.05) is 36.0 Å². The first kappa shape index (κ1) is 17.5. The van der Waals surface area contributed by atoms with Gasteiger partial charge in [0.15, 0.2) is 5.16 Å². The summed E-state index contributed by atoms with van der Waals surface area (Å²) < 4.78 is 6.93. The maximum absolute atomic E-state index is 12.3. The van der Waals surface area contributed by atoms with Crippen LogP contribution in [0.3, 0.4) is 0 Å². The Kier molecular flexibility index (Phi) is 5.43. The van der Waals surface area contributed by atoms with Crippen LogP contribution in [0.1, 0.15) is 30.6 Å². The van der Waals surface area contributed by atoms with Crippen LogP contribution in [0.5, 0.6) is 5.75 Å². The molecule has 1 amide bonds. The third-order valence-corrected chi connectivity index (χ3v) is 5.29. The Hall–Kier alpha value is -2.28. The number of hydrogen-bond acceptors (Lipinski definition) is 5. The van der Waals surface area contributed by atoms with E-state index < -0.39 is 0 Å². The van der Waals surface area contributed by atoms with Crippen LogP contribution in [0.25, 0.3) is 0 Å². The van der Waals surface area contributed by atoms with Crippen LogP contribution >= 0.6 is 11.8 Å². The smallest absolute Gasteiger partial charge is 0.254 e. The molecule has 132 valence electrons. The minimum absolute atomic E-state index is 0.0746. The molecule has 1 aliphatic rings. The molecule has 0 aliphatic carbocycles. The summed E-state index contributed by atoms with van der Waals surface area (Å²) in [6, 6.07) is 8.99. The molecular weight excluding hydrogens is 338 g/mol. The highest BCUT2D eigenvalue weighted by Gasteiger charge is 2.27. The first-order valence-electron chi connectivity index (χ1n) is 8.26. The van der Waals surface area contributed by atoms with Crippen LogP contribution in [-0.4, -0.2) is 28.3 Å². The van der Waals surface area contributed by atoms with Crippen molar-refractivity contribution >= 4 is 17.7 Å². The van der Waals surface area contributed by atoms with Gasteiger partial charge in [-0.3, -0.25) is 14.2 Å². The summed E-state index contributed by atoms with van der Waals surface area (Å²) in [6.07, 6.45) is 0.996. The fraction of sp³-hybridized carbons (Fsp3) is 0.389. The van der Waals surface area contributed by atoms with E-state index in [4.69, 9.17) is 4.74 Å². The average Bonchev–Trinajstić information content (AvgIpc) is 3.03. The molecule has 1 aromatic carbocycles. The van der Waals surface area contributed by atoms with Crippen LogP contribution in [0.2, 0.25) is 0 Å². The van der Waals surface area contributed by atoms with Gasteiger partial charge in [-0.1, -0.05) is 36.9 Å². The first-order valence-corrected chi connectivity index (χ1v) is 9.24. The second-order valence-electron chi connectivity index (χ2n) is 5.85. The minimum Gasteiger partial charge on any atom is -0.496 e. The molecular formula is C18H21N3O3S. The number of amides is 1. The summed E-state index contributed by atoms with van der Waals surface area (Å²) in [7, 11) is 1.61. The molecule has 1 aromatic heterocycles. The Morgan fingerprint density at radius 1 is 1.44 bits per heavy atom. The summed E-state index contributed by atoms with van der Waals surface area (Å²) >= 11 is 1.53. The number of fused-ring (bicyclic) bond motifs is 1. The number of para-hydroxylation sites is 1. The number of thioether (sulfide) groups is 1. The molecule has 0 saturated carbocycles. The number of hydrogen-bond donors (Lipinski definition) is 1. The van der Waals surface area contributed by atoms with Crippen LogP contribution in [-0.2, 0) is 17.8 Å². The Morgan fingerprint density at radius 2 is 2.24 bits per heavy atom. The number of methoxy groups -OCH3 is 1. The van der Waals surface area contributed by atoms with Gasteiger partial charge in [-0.15, -0.1) is 0 Å². The number of nitrogens with one attached hydrogen (secondary N) is 1. The number of nitrogens with zero attached hydrogens (tertiary/aromatic N) is 2. The number of aryl methyl sites for hydroxylation is 1. The van der Waals surface area contributed by atoms with E-state index in [0.717, 1.165) is 23.4 Å². The van der Waals surface area contributed by atoms with Crippen molar-refractivity contribution in [1.29, 1.82) is 0 Å². The van der Waals surface area contributed by atoms with Crippen molar-refractivity contribution < 1.29 is 9.53 Å². The molecule has 0 fully saturated rings. The highest BCUT2D eigenvalue weighted by atomic mass is 32.2. The Bertz CT molecular complexity index is 835. The molecule has 1 N–H and O–H groups in total. The topological polar surface area (TPSA) is 73.2 Å². The van der Waals surface area contributed by atoms with Crippen molar-refractivity contribution in [2.75, 3.05) is 12.9 Å². The Morgan fingerprint density at radius 3 is 3.00 bits per heavy atom. The van der Waals surface area contributed by atoms with Gasteiger partial charge in [0.1, 0.15) is 5.75 Å². The molecule has 6 nitrogen and oxygen atoms in total. The van der Waals surface area contributed by atoms with E-state index in [1.54, 1.807) is 17.7 Å². The fourth-order valence-corrected chi connectivity index (χ4v) is 4.03. The van der Waals surface area contributed by atoms with Gasteiger partial charge < -0.3 is 10.1 Å². The monoisotopic (exact) mass is 359 g/mol. The molecule has 0 radical (unpaired) electrons. The van der Waals surface area contributed by atoms with Crippen molar-refractivity contribution in [2.24, 2.45) is 0 Å². The molecule has 3 rings (SSSR count). The lowest BCUT2D eigenvalue weighted by atomic mass is 10.2. The molecule has 2 heterocycles. The van der Waals surface area contributed by atoms with E-state index in [1.165, 1.54) is 11.8 Å². The largest absolute Gasteiger partial charge is 0.496 e. The van der Waals surface area contributed by atoms with Gasteiger partial charge in [-0.25, -0.2) is 4.98 Å². The number of carbonyl (C=O) groups is 1. The van der Waals surface area contributed by atoms with Gasteiger partial charge in [-0.2, -0.15) is 0 Å². The third kappa shape index (κ3) is 3.87. The predicted molar refractivity (Wildman–Crippen MR) is 97.1 cm³/mol. The van der Waals surface area contributed by atoms with Gasteiger partial charge in [0.05, 0.1) is 13.2 Å². The lowest BCUT2D eigenvalue weighted by Gasteiger charge is -2.14. The van der Waals surface area contributed by atoms with Crippen molar-refractivity contribution in [3.8, 4) is 5.75 Å². The lowest BCUT2D eigenvalue weighted by Crippen LogP contribution is -2.30. The number of ether oxygens (including phenoxy) is 1. The normalized spacial score (nSPS) is 15.7. The van der Waals surface area contributed by atoms with E-state index >= 15 is 0 Å². The zero-order valence-corrected chi connectivity index (χ0v) is 15.1. The molecule has 0 spiro atoms. The quantitative estimate of drug-likeness (QED) is 0.800. The average molecular weight is 359 g/mol.